The molecule has 0 saturated carbocycles. The predicted molar refractivity (Wildman–Crippen MR) is 95.3 cm³/mol. The number of ether oxygens (including phenoxy) is 1. The van der Waals surface area contributed by atoms with E-state index in [0.29, 0.717) is 0 Å². The lowest BCUT2D eigenvalue weighted by atomic mass is 10.2. The fourth-order valence-corrected chi connectivity index (χ4v) is 1.68. The molecule has 1 aliphatic rings. The number of piperazine rings is 1. The van der Waals surface area contributed by atoms with Gasteiger partial charge < -0.3 is 15.0 Å². The van der Waals surface area contributed by atoms with Gasteiger partial charge in [-0.2, -0.15) is 0 Å². The Morgan fingerprint density at radius 3 is 2.04 bits per heavy atom. The zero-order valence-electron chi connectivity index (χ0n) is 14.9. The molecule has 2 heterocycles. The number of esters is 1. The van der Waals surface area contributed by atoms with Gasteiger partial charge in [-0.05, 0) is 39.4 Å². The van der Waals surface area contributed by atoms with Crippen LogP contribution >= 0.6 is 0 Å². The third-order valence-corrected chi connectivity index (χ3v) is 2.80. The Bertz CT molecular complexity index is 383. The molecule has 1 aliphatic heterocycles. The van der Waals surface area contributed by atoms with Gasteiger partial charge in [0, 0.05) is 44.6 Å². The summed E-state index contributed by atoms with van der Waals surface area (Å²) in [6.07, 6.45) is 4.66. The number of likely N-dealkylation sites (N-methyl/N-ethyl adjacent to an activating group) is 1. The van der Waals surface area contributed by atoms with Crippen LogP contribution in [-0.2, 0) is 9.53 Å². The average Bonchev–Trinajstić information content (AvgIpc) is 2.57. The highest BCUT2D eigenvalue weighted by Gasteiger charge is 2.12. The van der Waals surface area contributed by atoms with Gasteiger partial charge in [-0.25, -0.2) is 4.79 Å². The monoisotopic (exact) mass is 321 g/mol. The minimum Gasteiger partial charge on any atom is -0.457 e. The first-order valence-corrected chi connectivity index (χ1v) is 8.02. The number of nitrogens with one attached hydrogen (secondary N) is 1. The molecule has 0 atom stereocenters. The molecule has 23 heavy (non-hydrogen) atoms. The Kier molecular flexibility index (Phi) is 11.8. The molecule has 130 valence electrons. The highest BCUT2D eigenvalue weighted by Crippen LogP contribution is 2.06. The Hall–Kier alpha value is -1.72. The lowest BCUT2D eigenvalue weighted by Crippen LogP contribution is -2.43. The molecule has 1 saturated heterocycles. The molecule has 5 heteroatoms. The van der Waals surface area contributed by atoms with E-state index in [-0.39, 0.29) is 5.97 Å². The zero-order chi connectivity index (χ0) is 17.6. The van der Waals surface area contributed by atoms with Crippen molar-refractivity contribution in [3.63, 3.8) is 0 Å². The summed E-state index contributed by atoms with van der Waals surface area (Å²) in [4.78, 5) is 16.7. The SMILES string of the molecule is C=CC(=O)OC(C)(C)C.CCN1CCNCC1.c1ccncc1. The van der Waals surface area contributed by atoms with Crippen molar-refractivity contribution >= 4 is 5.97 Å². The molecule has 0 unspecified atom stereocenters. The quantitative estimate of drug-likeness (QED) is 0.670. The molecular weight excluding hydrogens is 290 g/mol. The summed E-state index contributed by atoms with van der Waals surface area (Å²) in [7, 11) is 0. The van der Waals surface area contributed by atoms with Crippen LogP contribution in [0, 0.1) is 0 Å². The molecule has 0 radical (unpaired) electrons. The van der Waals surface area contributed by atoms with E-state index in [1.807, 2.05) is 39.0 Å². The van der Waals surface area contributed by atoms with Crippen molar-refractivity contribution in [2.45, 2.75) is 33.3 Å². The van der Waals surface area contributed by atoms with Crippen LogP contribution in [0.15, 0.2) is 43.2 Å². The zero-order valence-corrected chi connectivity index (χ0v) is 14.9. The molecule has 1 aromatic rings. The second-order valence-electron chi connectivity index (χ2n) is 5.95. The first-order valence-electron chi connectivity index (χ1n) is 8.02. The topological polar surface area (TPSA) is 54.5 Å². The number of hydrogen-bond donors (Lipinski definition) is 1. The Balaban J connectivity index is 0.000000321. The Morgan fingerprint density at radius 2 is 1.83 bits per heavy atom. The third kappa shape index (κ3) is 15.0. The molecule has 0 aliphatic carbocycles. The van der Waals surface area contributed by atoms with Crippen LogP contribution in [0.2, 0.25) is 0 Å². The maximum atomic E-state index is 10.5. The number of carbonyl (C=O) groups is 1. The first-order chi connectivity index (χ1) is 10.9. The average molecular weight is 321 g/mol. The molecule has 1 N–H and O–H groups in total. The Morgan fingerprint density at radius 1 is 1.26 bits per heavy atom. The summed E-state index contributed by atoms with van der Waals surface area (Å²) in [5, 5.41) is 3.31. The van der Waals surface area contributed by atoms with Crippen LogP contribution in [0.5, 0.6) is 0 Å². The van der Waals surface area contributed by atoms with Crippen molar-refractivity contribution in [2.24, 2.45) is 0 Å². The molecule has 1 fully saturated rings. The van der Waals surface area contributed by atoms with E-state index < -0.39 is 5.60 Å². The van der Waals surface area contributed by atoms with E-state index in [2.05, 4.69) is 28.7 Å². The van der Waals surface area contributed by atoms with Gasteiger partial charge in [0.2, 0.25) is 0 Å². The summed E-state index contributed by atoms with van der Waals surface area (Å²) in [5.74, 6) is -0.373. The van der Waals surface area contributed by atoms with Crippen LogP contribution in [0.25, 0.3) is 0 Å². The van der Waals surface area contributed by atoms with Crippen LogP contribution in [0.4, 0.5) is 0 Å². The fourth-order valence-electron chi connectivity index (χ4n) is 1.68. The van der Waals surface area contributed by atoms with Crippen LogP contribution in [0.1, 0.15) is 27.7 Å². The fraction of sp³-hybridized carbons (Fsp3) is 0.556. The summed E-state index contributed by atoms with van der Waals surface area (Å²) in [6, 6.07) is 5.72. The summed E-state index contributed by atoms with van der Waals surface area (Å²) in [6.45, 7) is 16.9. The highest BCUT2D eigenvalue weighted by atomic mass is 16.6. The van der Waals surface area contributed by atoms with Gasteiger partial charge >= 0.3 is 5.97 Å². The second-order valence-corrected chi connectivity index (χ2v) is 5.95. The largest absolute Gasteiger partial charge is 0.457 e. The van der Waals surface area contributed by atoms with Crippen LogP contribution < -0.4 is 5.32 Å². The number of pyridine rings is 1. The first kappa shape index (κ1) is 21.3. The molecule has 2 rings (SSSR count). The molecule has 0 amide bonds. The summed E-state index contributed by atoms with van der Waals surface area (Å²) < 4.78 is 4.83. The molecule has 0 bridgehead atoms. The van der Waals surface area contributed by atoms with E-state index in [1.54, 1.807) is 12.4 Å². The maximum Gasteiger partial charge on any atom is 0.330 e. The number of rotatable bonds is 2. The lowest BCUT2D eigenvalue weighted by Gasteiger charge is -2.25. The van der Waals surface area contributed by atoms with E-state index in [4.69, 9.17) is 4.74 Å². The predicted octanol–water partition coefficient (Wildman–Crippen LogP) is 2.51. The smallest absolute Gasteiger partial charge is 0.330 e. The van der Waals surface area contributed by atoms with E-state index >= 15 is 0 Å². The molecule has 0 spiro atoms. The van der Waals surface area contributed by atoms with E-state index in [0.717, 1.165) is 6.08 Å². The van der Waals surface area contributed by atoms with Gasteiger partial charge in [0.25, 0.3) is 0 Å². The number of aromatic nitrogens is 1. The van der Waals surface area contributed by atoms with Gasteiger partial charge in [0.1, 0.15) is 5.60 Å². The third-order valence-electron chi connectivity index (χ3n) is 2.80. The Labute approximate surface area is 140 Å². The number of hydrogen-bond acceptors (Lipinski definition) is 5. The highest BCUT2D eigenvalue weighted by molar-refractivity contribution is 5.81. The van der Waals surface area contributed by atoms with Crippen molar-refractivity contribution in [3.8, 4) is 0 Å². The molecular formula is C18H31N3O2. The van der Waals surface area contributed by atoms with Crippen LogP contribution in [0.3, 0.4) is 0 Å². The van der Waals surface area contributed by atoms with E-state index in [9.17, 15) is 4.79 Å². The number of carbonyl (C=O) groups excluding carboxylic acids is 1. The van der Waals surface area contributed by atoms with Crippen molar-refractivity contribution in [2.75, 3.05) is 32.7 Å². The van der Waals surface area contributed by atoms with Crippen molar-refractivity contribution in [1.82, 2.24) is 15.2 Å². The minimum atomic E-state index is -0.398. The van der Waals surface area contributed by atoms with Gasteiger partial charge in [0.05, 0.1) is 0 Å². The van der Waals surface area contributed by atoms with Gasteiger partial charge in [0.15, 0.2) is 0 Å². The minimum absolute atomic E-state index is 0.373. The molecule has 1 aromatic heterocycles. The van der Waals surface area contributed by atoms with Gasteiger partial charge in [-0.3, -0.25) is 4.98 Å². The van der Waals surface area contributed by atoms with Crippen molar-refractivity contribution in [3.05, 3.63) is 43.2 Å². The summed E-state index contributed by atoms with van der Waals surface area (Å²) >= 11 is 0. The van der Waals surface area contributed by atoms with Crippen LogP contribution in [-0.4, -0.2) is 54.2 Å². The lowest BCUT2D eigenvalue weighted by molar-refractivity contribution is -0.148. The molecule has 5 nitrogen and oxygen atoms in total. The number of nitrogens with zero attached hydrogens (tertiary/aromatic N) is 2. The van der Waals surface area contributed by atoms with Crippen molar-refractivity contribution in [1.29, 1.82) is 0 Å². The van der Waals surface area contributed by atoms with E-state index in [1.165, 1.54) is 32.7 Å². The van der Waals surface area contributed by atoms with Gasteiger partial charge in [-0.15, -0.1) is 0 Å². The van der Waals surface area contributed by atoms with Crippen molar-refractivity contribution < 1.29 is 9.53 Å². The van der Waals surface area contributed by atoms with Gasteiger partial charge in [-0.1, -0.05) is 19.6 Å². The molecule has 0 aromatic carbocycles. The summed E-state index contributed by atoms with van der Waals surface area (Å²) in [5.41, 5.74) is -0.398. The standard InChI is InChI=1S/C7H12O2.C6H14N2.C5H5N/c1-5-6(8)9-7(2,3)4;1-2-8-5-3-7-4-6-8;1-2-4-6-5-3-1/h5H,1H2,2-4H3;7H,2-6H2,1H3;1-5H. The normalized spacial score (nSPS) is 14.4. The maximum absolute atomic E-state index is 10.5. The second kappa shape index (κ2) is 12.8.